The second-order valence-electron chi connectivity index (χ2n) is 13.5. The molecular weight excluding hydrogens is 574 g/mol. The molecule has 1 aliphatic carbocycles. The molecule has 0 spiro atoms. The molecule has 244 valence electrons. The van der Waals surface area contributed by atoms with E-state index in [1.165, 1.54) is 4.90 Å². The number of amides is 3. The van der Waals surface area contributed by atoms with Crippen molar-refractivity contribution in [1.29, 1.82) is 0 Å². The minimum absolute atomic E-state index is 0.0543. The van der Waals surface area contributed by atoms with Crippen molar-refractivity contribution in [1.82, 2.24) is 15.5 Å². The van der Waals surface area contributed by atoms with Crippen molar-refractivity contribution in [3.63, 3.8) is 0 Å². The Hall–Kier alpha value is -4.18. The monoisotopic (exact) mass is 621 g/mol. The first-order valence-corrected chi connectivity index (χ1v) is 15.2. The van der Waals surface area contributed by atoms with Gasteiger partial charge < -0.3 is 30.1 Å². The molecule has 0 bridgehead atoms. The normalized spacial score (nSPS) is 18.0. The van der Waals surface area contributed by atoms with Gasteiger partial charge in [-0.25, -0.2) is 9.59 Å². The van der Waals surface area contributed by atoms with E-state index in [1.807, 2.05) is 43.3 Å². The Balaban J connectivity index is 2.05. The zero-order valence-electron chi connectivity index (χ0n) is 27.3. The van der Waals surface area contributed by atoms with E-state index in [1.54, 1.807) is 65.8 Å². The lowest BCUT2D eigenvalue weighted by molar-refractivity contribution is -0.159. The summed E-state index contributed by atoms with van der Waals surface area (Å²) in [5.41, 5.74) is 0.376. The van der Waals surface area contributed by atoms with E-state index in [0.29, 0.717) is 12.0 Å². The molecule has 45 heavy (non-hydrogen) atoms. The molecule has 5 atom stereocenters. The van der Waals surface area contributed by atoms with Gasteiger partial charge in [0.1, 0.15) is 29.3 Å². The molecule has 1 aliphatic rings. The van der Waals surface area contributed by atoms with Crippen LogP contribution < -0.4 is 10.6 Å². The van der Waals surface area contributed by atoms with Crippen LogP contribution in [0.25, 0.3) is 6.08 Å². The number of benzene rings is 2. The number of esters is 1. The maximum Gasteiger partial charge on any atom is 0.408 e. The molecule has 3 amide bonds. The predicted molar refractivity (Wildman–Crippen MR) is 172 cm³/mol. The zero-order valence-corrected chi connectivity index (χ0v) is 27.3. The Bertz CT molecular complexity index is 1360. The summed E-state index contributed by atoms with van der Waals surface area (Å²) in [4.78, 5) is 56.0. The molecule has 0 aliphatic heterocycles. The van der Waals surface area contributed by atoms with Gasteiger partial charge in [-0.1, -0.05) is 68.1 Å². The third-order valence-electron chi connectivity index (χ3n) is 7.13. The summed E-state index contributed by atoms with van der Waals surface area (Å²) in [7, 11) is 0. The van der Waals surface area contributed by atoms with Crippen molar-refractivity contribution in [2.24, 2.45) is 5.92 Å². The third kappa shape index (κ3) is 10.5. The highest BCUT2D eigenvalue weighted by molar-refractivity contribution is 5.94. The van der Waals surface area contributed by atoms with Crippen LogP contribution in [-0.2, 0) is 30.3 Å². The molecule has 1 saturated carbocycles. The molecule has 3 N–H and O–H groups in total. The van der Waals surface area contributed by atoms with Crippen molar-refractivity contribution < 1.29 is 33.8 Å². The van der Waals surface area contributed by atoms with Gasteiger partial charge in [0.05, 0.1) is 6.61 Å². The molecule has 10 nitrogen and oxygen atoms in total. The number of alkyl carbamates (subject to hydrolysis) is 1. The highest BCUT2D eigenvalue weighted by Crippen LogP contribution is 2.41. The second-order valence-corrected chi connectivity index (χ2v) is 13.5. The number of carbonyl (C=O) groups excluding carboxylic acids is 4. The van der Waals surface area contributed by atoms with Gasteiger partial charge in [-0.15, -0.1) is 0 Å². The molecule has 2 aromatic carbocycles. The molecule has 0 aromatic heterocycles. The molecule has 2 aromatic rings. The summed E-state index contributed by atoms with van der Waals surface area (Å²) in [5.74, 6) is -1.82. The van der Waals surface area contributed by atoms with Crippen molar-refractivity contribution in [3.8, 4) is 0 Å². The van der Waals surface area contributed by atoms with E-state index in [9.17, 15) is 24.3 Å². The van der Waals surface area contributed by atoms with Gasteiger partial charge in [0.25, 0.3) is 0 Å². The van der Waals surface area contributed by atoms with Crippen molar-refractivity contribution in [2.45, 2.75) is 96.7 Å². The number of hydrogen-bond acceptors (Lipinski definition) is 7. The Labute approximate surface area is 266 Å². The van der Waals surface area contributed by atoms with E-state index in [0.717, 1.165) is 11.1 Å². The topological polar surface area (TPSA) is 134 Å². The smallest absolute Gasteiger partial charge is 0.408 e. The molecule has 0 heterocycles. The fourth-order valence-corrected chi connectivity index (χ4v) is 4.95. The van der Waals surface area contributed by atoms with Crippen molar-refractivity contribution in [2.75, 3.05) is 6.61 Å². The van der Waals surface area contributed by atoms with Crippen molar-refractivity contribution in [3.05, 3.63) is 77.9 Å². The van der Waals surface area contributed by atoms with Gasteiger partial charge in [0.15, 0.2) is 0 Å². The molecular formula is C35H47N3O7. The number of rotatable bonds is 12. The first kappa shape index (κ1) is 35.3. The van der Waals surface area contributed by atoms with E-state index >= 15 is 0 Å². The molecule has 1 fully saturated rings. The Morgan fingerprint density at radius 2 is 1.58 bits per heavy atom. The maximum atomic E-state index is 14.4. The first-order valence-electron chi connectivity index (χ1n) is 15.2. The third-order valence-corrected chi connectivity index (χ3v) is 7.13. The van der Waals surface area contributed by atoms with E-state index < -0.39 is 59.8 Å². The number of ether oxygens (including phenoxy) is 2. The highest BCUT2D eigenvalue weighted by Gasteiger charge is 2.48. The summed E-state index contributed by atoms with van der Waals surface area (Å²) >= 11 is 0. The lowest BCUT2D eigenvalue weighted by Gasteiger charge is -2.35. The van der Waals surface area contributed by atoms with Gasteiger partial charge in [-0.3, -0.25) is 9.59 Å². The van der Waals surface area contributed by atoms with Crippen LogP contribution in [-0.4, -0.2) is 69.8 Å². The van der Waals surface area contributed by atoms with Crippen LogP contribution in [0.2, 0.25) is 0 Å². The highest BCUT2D eigenvalue weighted by atomic mass is 16.6. The van der Waals surface area contributed by atoms with Crippen LogP contribution in [0, 0.1) is 5.92 Å². The number of carbonyl (C=O) groups is 4. The van der Waals surface area contributed by atoms with Crippen LogP contribution in [0.3, 0.4) is 0 Å². The Morgan fingerprint density at radius 1 is 0.956 bits per heavy atom. The largest absolute Gasteiger partial charge is 0.458 e. The fourth-order valence-electron chi connectivity index (χ4n) is 4.95. The average Bonchev–Trinajstić information content (AvgIpc) is 3.67. The molecule has 10 heteroatoms. The predicted octanol–water partition coefficient (Wildman–Crippen LogP) is 4.56. The number of nitrogens with one attached hydrogen (secondary N) is 2. The van der Waals surface area contributed by atoms with E-state index in [4.69, 9.17) is 9.47 Å². The fraction of sp³-hybridized carbons (Fsp3) is 0.486. The molecule has 0 radical (unpaired) electrons. The number of nitrogens with zero attached hydrogens (tertiary/aromatic N) is 1. The lowest BCUT2D eigenvalue weighted by Crippen LogP contribution is -2.56. The van der Waals surface area contributed by atoms with Crippen LogP contribution in [0.4, 0.5) is 4.79 Å². The minimum atomic E-state index is -1.38. The average molecular weight is 622 g/mol. The van der Waals surface area contributed by atoms with Crippen molar-refractivity contribution >= 4 is 30.0 Å². The van der Waals surface area contributed by atoms with Crippen LogP contribution in [0.15, 0.2) is 61.2 Å². The van der Waals surface area contributed by atoms with Gasteiger partial charge in [0, 0.05) is 12.5 Å². The lowest BCUT2D eigenvalue weighted by atomic mass is 9.98. The van der Waals surface area contributed by atoms with Gasteiger partial charge in [-0.05, 0) is 76.6 Å². The maximum absolute atomic E-state index is 14.4. The Kier molecular flexibility index (Phi) is 11.6. The second kappa shape index (κ2) is 14.7. The summed E-state index contributed by atoms with van der Waals surface area (Å²) in [6.07, 6.45) is 1.53. The molecule has 0 saturated heterocycles. The first-order chi connectivity index (χ1) is 21.0. The van der Waals surface area contributed by atoms with Gasteiger partial charge in [0.2, 0.25) is 11.8 Å². The summed E-state index contributed by atoms with van der Waals surface area (Å²) < 4.78 is 11.0. The van der Waals surface area contributed by atoms with Gasteiger partial charge >= 0.3 is 12.1 Å². The summed E-state index contributed by atoms with van der Waals surface area (Å²) in [6, 6.07) is 12.3. The van der Waals surface area contributed by atoms with Crippen LogP contribution >= 0.6 is 0 Å². The zero-order chi connectivity index (χ0) is 33.5. The van der Waals surface area contributed by atoms with Crippen LogP contribution in [0.5, 0.6) is 0 Å². The number of aliphatic hydroxyl groups is 1. The number of hydrogen-bond donors (Lipinski definition) is 3. The van der Waals surface area contributed by atoms with Gasteiger partial charge in [-0.2, -0.15) is 0 Å². The summed E-state index contributed by atoms with van der Waals surface area (Å²) in [6.45, 7) is 15.4. The minimum Gasteiger partial charge on any atom is -0.458 e. The molecule has 5 unspecified atom stereocenters. The summed E-state index contributed by atoms with van der Waals surface area (Å²) in [5, 5.41) is 15.6. The SMILES string of the molecule is C=Cc1cccc(C(C(=O)NC(Cc2ccccc2)C(=O)OC(C)(C)C)N(C(=O)C(CO)NC(=O)OC(C)(C)C)C2CC2C)c1. The van der Waals surface area contributed by atoms with E-state index in [2.05, 4.69) is 17.2 Å². The molecule has 3 rings (SSSR count). The Morgan fingerprint density at radius 3 is 2.11 bits per heavy atom. The number of aliphatic hydroxyl groups excluding tert-OH is 1. The van der Waals surface area contributed by atoms with Crippen LogP contribution in [0.1, 0.15) is 77.6 Å². The standard InChI is InChI=1S/C35H47N3O7/c1-9-23-16-13-17-25(19-23)29(30(40)36-26(32(42)44-34(3,4)5)20-24-14-11-10-12-15-24)38(28-18-22(28)2)31(41)27(21-39)37-33(43)45-35(6,7)8/h9-17,19,22,26-29,39H,1,18,20-21H2,2-8H3,(H,36,40)(H,37,43). The van der Waals surface area contributed by atoms with E-state index in [-0.39, 0.29) is 18.4 Å². The quantitative estimate of drug-likeness (QED) is 0.296.